The van der Waals surface area contributed by atoms with Gasteiger partial charge in [-0.3, -0.25) is 0 Å². The average molecular weight is 317 g/mol. The zero-order valence-electron chi connectivity index (χ0n) is 9.96. The van der Waals surface area contributed by atoms with E-state index in [0.29, 0.717) is 5.92 Å². The maximum atomic E-state index is 6.27. The minimum Gasteiger partial charge on any atom is -0.330 e. The van der Waals surface area contributed by atoms with Gasteiger partial charge in [-0.2, -0.15) is 0 Å². The molecule has 1 nitrogen and oxygen atoms in total. The fourth-order valence-electron chi connectivity index (χ4n) is 2.84. The van der Waals surface area contributed by atoms with Crippen LogP contribution in [0.25, 0.3) is 0 Å². The number of rotatable bonds is 4. The summed E-state index contributed by atoms with van der Waals surface area (Å²) in [5, 5.41) is 0.857. The van der Waals surface area contributed by atoms with E-state index in [1.165, 1.54) is 31.2 Å². The molecule has 94 valence electrons. The molecule has 0 amide bonds. The summed E-state index contributed by atoms with van der Waals surface area (Å²) < 4.78 is 1.04. The van der Waals surface area contributed by atoms with Gasteiger partial charge in [-0.1, -0.05) is 59.3 Å². The summed E-state index contributed by atoms with van der Waals surface area (Å²) >= 11 is 9.70. The lowest BCUT2D eigenvalue weighted by molar-refractivity contribution is 0.345. The third kappa shape index (κ3) is 3.46. The first-order chi connectivity index (χ1) is 8.20. The molecular formula is C14H19BrClN. The largest absolute Gasteiger partial charge is 0.330 e. The Labute approximate surface area is 117 Å². The van der Waals surface area contributed by atoms with Gasteiger partial charge >= 0.3 is 0 Å². The van der Waals surface area contributed by atoms with Gasteiger partial charge < -0.3 is 5.73 Å². The Morgan fingerprint density at radius 3 is 2.65 bits per heavy atom. The molecule has 17 heavy (non-hydrogen) atoms. The Hall–Kier alpha value is -0.0500. The normalized spacial score (nSPS) is 18.5. The maximum absolute atomic E-state index is 6.27. The second kappa shape index (κ2) is 6.21. The van der Waals surface area contributed by atoms with Crippen LogP contribution in [0.1, 0.15) is 31.2 Å². The lowest BCUT2D eigenvalue weighted by Crippen LogP contribution is -2.24. The van der Waals surface area contributed by atoms with Gasteiger partial charge in [-0.15, -0.1) is 0 Å². The highest BCUT2D eigenvalue weighted by molar-refractivity contribution is 9.10. The van der Waals surface area contributed by atoms with Crippen molar-refractivity contribution in [3.63, 3.8) is 0 Å². The Balaban J connectivity index is 2.06. The fraction of sp³-hybridized carbons (Fsp3) is 0.571. The van der Waals surface area contributed by atoms with Crippen LogP contribution in [0.15, 0.2) is 22.7 Å². The zero-order valence-corrected chi connectivity index (χ0v) is 12.3. The van der Waals surface area contributed by atoms with Gasteiger partial charge in [0.1, 0.15) is 0 Å². The molecule has 0 saturated heterocycles. The summed E-state index contributed by atoms with van der Waals surface area (Å²) in [7, 11) is 0. The van der Waals surface area contributed by atoms with E-state index < -0.39 is 0 Å². The van der Waals surface area contributed by atoms with Gasteiger partial charge in [-0.05, 0) is 42.5 Å². The Bertz CT molecular complexity index is 374. The fourth-order valence-corrected chi connectivity index (χ4v) is 3.59. The quantitative estimate of drug-likeness (QED) is 0.875. The predicted octanol–water partition coefficient (Wildman–Crippen LogP) is 4.41. The molecule has 0 spiro atoms. The molecule has 2 rings (SSSR count). The molecule has 0 aliphatic heterocycles. The summed E-state index contributed by atoms with van der Waals surface area (Å²) in [6.07, 6.45) is 6.45. The molecule has 1 saturated carbocycles. The summed E-state index contributed by atoms with van der Waals surface area (Å²) in [6, 6.07) is 6.15. The Kier molecular flexibility index (Phi) is 4.89. The van der Waals surface area contributed by atoms with Crippen LogP contribution in [0.4, 0.5) is 0 Å². The van der Waals surface area contributed by atoms with E-state index in [1.807, 2.05) is 6.07 Å². The molecule has 0 heterocycles. The van der Waals surface area contributed by atoms with Gasteiger partial charge in [-0.25, -0.2) is 0 Å². The summed E-state index contributed by atoms with van der Waals surface area (Å²) in [4.78, 5) is 0. The number of hydrogen-bond donors (Lipinski definition) is 1. The number of hydrogen-bond acceptors (Lipinski definition) is 1. The molecule has 1 unspecified atom stereocenters. The van der Waals surface area contributed by atoms with Gasteiger partial charge in [0.25, 0.3) is 0 Å². The summed E-state index contributed by atoms with van der Waals surface area (Å²) in [6.45, 7) is 0.775. The van der Waals surface area contributed by atoms with Gasteiger partial charge in [0.2, 0.25) is 0 Å². The second-order valence-electron chi connectivity index (χ2n) is 4.98. The van der Waals surface area contributed by atoms with E-state index in [9.17, 15) is 0 Å². The van der Waals surface area contributed by atoms with E-state index in [4.69, 9.17) is 17.3 Å². The zero-order chi connectivity index (χ0) is 12.3. The molecule has 1 aromatic rings. The molecule has 0 radical (unpaired) electrons. The van der Waals surface area contributed by atoms with Crippen LogP contribution in [0.3, 0.4) is 0 Å². The maximum Gasteiger partial charge on any atom is 0.0449 e. The second-order valence-corrected chi connectivity index (χ2v) is 6.30. The van der Waals surface area contributed by atoms with Crippen molar-refractivity contribution in [2.75, 3.05) is 6.54 Å². The van der Waals surface area contributed by atoms with E-state index in [2.05, 4.69) is 28.1 Å². The molecule has 0 bridgehead atoms. The smallest absolute Gasteiger partial charge is 0.0449 e. The summed E-state index contributed by atoms with van der Waals surface area (Å²) in [5.41, 5.74) is 7.16. The van der Waals surface area contributed by atoms with E-state index in [0.717, 1.165) is 28.4 Å². The highest BCUT2D eigenvalue weighted by atomic mass is 79.9. The molecule has 2 N–H and O–H groups in total. The molecular weight excluding hydrogens is 298 g/mol. The molecule has 3 heteroatoms. The number of halogens is 2. The highest BCUT2D eigenvalue weighted by Crippen LogP contribution is 2.34. The van der Waals surface area contributed by atoms with Gasteiger partial charge in [0.05, 0.1) is 0 Å². The standard InChI is InChI=1S/C14H19BrClN/c15-13-6-5-11(14(16)8-13)7-12(9-17)10-3-1-2-4-10/h5-6,8,10,12H,1-4,7,9,17H2. The van der Waals surface area contributed by atoms with Crippen LogP contribution in [0, 0.1) is 11.8 Å². The van der Waals surface area contributed by atoms with Crippen molar-refractivity contribution in [3.8, 4) is 0 Å². The van der Waals surface area contributed by atoms with Crippen molar-refractivity contribution >= 4 is 27.5 Å². The predicted molar refractivity (Wildman–Crippen MR) is 77.4 cm³/mol. The lowest BCUT2D eigenvalue weighted by Gasteiger charge is -2.22. The van der Waals surface area contributed by atoms with Crippen LogP contribution in [-0.4, -0.2) is 6.54 Å². The highest BCUT2D eigenvalue weighted by Gasteiger charge is 2.24. The SMILES string of the molecule is NCC(Cc1ccc(Br)cc1Cl)C1CCCC1. The molecule has 1 fully saturated rings. The van der Waals surface area contributed by atoms with E-state index in [1.54, 1.807) is 0 Å². The van der Waals surface area contributed by atoms with Crippen LogP contribution >= 0.6 is 27.5 Å². The van der Waals surface area contributed by atoms with Crippen molar-refractivity contribution in [2.24, 2.45) is 17.6 Å². The molecule has 1 aliphatic carbocycles. The summed E-state index contributed by atoms with van der Waals surface area (Å²) in [5.74, 6) is 1.40. The van der Waals surface area contributed by atoms with Crippen molar-refractivity contribution in [1.29, 1.82) is 0 Å². The van der Waals surface area contributed by atoms with Crippen molar-refractivity contribution in [2.45, 2.75) is 32.1 Å². The Morgan fingerprint density at radius 1 is 1.35 bits per heavy atom. The van der Waals surface area contributed by atoms with Crippen molar-refractivity contribution < 1.29 is 0 Å². The Morgan fingerprint density at radius 2 is 2.06 bits per heavy atom. The van der Waals surface area contributed by atoms with Crippen molar-refractivity contribution in [3.05, 3.63) is 33.3 Å². The van der Waals surface area contributed by atoms with Crippen LogP contribution in [0.5, 0.6) is 0 Å². The van der Waals surface area contributed by atoms with Gasteiger partial charge in [0.15, 0.2) is 0 Å². The first-order valence-corrected chi connectivity index (χ1v) is 7.52. The minimum atomic E-state index is 0.594. The third-order valence-corrected chi connectivity index (χ3v) is 4.71. The van der Waals surface area contributed by atoms with Crippen molar-refractivity contribution in [1.82, 2.24) is 0 Å². The van der Waals surface area contributed by atoms with E-state index in [-0.39, 0.29) is 0 Å². The topological polar surface area (TPSA) is 26.0 Å². The van der Waals surface area contributed by atoms with Gasteiger partial charge in [0, 0.05) is 9.50 Å². The van der Waals surface area contributed by atoms with Crippen LogP contribution < -0.4 is 5.73 Å². The number of nitrogens with two attached hydrogens (primary N) is 1. The third-order valence-electron chi connectivity index (χ3n) is 3.87. The molecule has 1 aliphatic rings. The lowest BCUT2D eigenvalue weighted by atomic mass is 9.86. The first-order valence-electron chi connectivity index (χ1n) is 6.34. The van der Waals surface area contributed by atoms with Crippen LogP contribution in [0.2, 0.25) is 5.02 Å². The van der Waals surface area contributed by atoms with Crippen LogP contribution in [-0.2, 0) is 6.42 Å². The van der Waals surface area contributed by atoms with E-state index >= 15 is 0 Å². The first kappa shape index (κ1) is 13.4. The monoisotopic (exact) mass is 315 g/mol. The minimum absolute atomic E-state index is 0.594. The molecule has 1 atom stereocenters. The molecule has 0 aromatic heterocycles. The average Bonchev–Trinajstić information content (AvgIpc) is 2.81. The number of benzene rings is 1. The molecule has 1 aromatic carbocycles.